The summed E-state index contributed by atoms with van der Waals surface area (Å²) in [7, 11) is 4.61. The van der Waals surface area contributed by atoms with Crippen molar-refractivity contribution in [3.05, 3.63) is 88.5 Å². The molecule has 0 unspecified atom stereocenters. The molecule has 5 rings (SSSR count). The monoisotopic (exact) mass is 594 g/mol. The zero-order valence-corrected chi connectivity index (χ0v) is 25.1. The first-order chi connectivity index (χ1) is 20.2. The maximum atomic E-state index is 11.9. The first kappa shape index (κ1) is 29.6. The maximum Gasteiger partial charge on any atom is 0.313 e. The van der Waals surface area contributed by atoms with Crippen molar-refractivity contribution in [1.82, 2.24) is 19.6 Å². The molecule has 10 nitrogen and oxygen atoms in total. The van der Waals surface area contributed by atoms with Crippen molar-refractivity contribution in [3.8, 4) is 17.2 Å². The molecule has 1 aliphatic heterocycles. The topological polar surface area (TPSA) is 98.9 Å². The second kappa shape index (κ2) is 12.6. The number of halogens is 1. The highest BCUT2D eigenvalue weighted by molar-refractivity contribution is 6.30. The van der Waals surface area contributed by atoms with Gasteiger partial charge >= 0.3 is 5.97 Å². The van der Waals surface area contributed by atoms with Crippen LogP contribution in [0, 0.1) is 5.41 Å². The van der Waals surface area contributed by atoms with E-state index < -0.39 is 11.5 Å². The Morgan fingerprint density at radius 2 is 1.90 bits per heavy atom. The summed E-state index contributed by atoms with van der Waals surface area (Å²) in [4.78, 5) is 11.9. The van der Waals surface area contributed by atoms with Crippen molar-refractivity contribution < 1.29 is 28.5 Å². The van der Waals surface area contributed by atoms with Gasteiger partial charge in [0.1, 0.15) is 17.9 Å². The molecule has 0 spiro atoms. The molecule has 0 saturated heterocycles. The van der Waals surface area contributed by atoms with Crippen LogP contribution in [-0.4, -0.2) is 53.5 Å². The molecule has 0 N–H and O–H groups in total. The van der Waals surface area contributed by atoms with E-state index in [1.165, 1.54) is 7.11 Å². The van der Waals surface area contributed by atoms with E-state index in [1.54, 1.807) is 32.7 Å². The molecule has 4 aromatic rings. The minimum Gasteiger partial charge on any atom is -0.493 e. The van der Waals surface area contributed by atoms with Gasteiger partial charge in [0.2, 0.25) is 0 Å². The molecule has 0 bridgehead atoms. The standard InChI is InChI=1S/C31H35ClN4O6/c1-31(2,30(37)40-5)19-41-18-21-17-35(34-33-21)15-13-26-25-9-7-14-36(25)24-12-11-20(32)16-23(24)28(42-26)22-8-6-10-27(38-3)29(22)39-4/h6-12,14,16-17,26,28H,13,15,18-19H2,1-5H3/t26-,28-/m1/s1. The van der Waals surface area contributed by atoms with E-state index in [0.29, 0.717) is 35.2 Å². The minimum absolute atomic E-state index is 0.207. The van der Waals surface area contributed by atoms with Crippen LogP contribution in [0.2, 0.25) is 5.02 Å². The highest BCUT2D eigenvalue weighted by Crippen LogP contribution is 2.46. The number of nitrogens with zero attached hydrogens (tertiary/aromatic N) is 4. The molecule has 0 aliphatic carbocycles. The third-order valence-electron chi connectivity index (χ3n) is 7.32. The second-order valence-electron chi connectivity index (χ2n) is 10.7. The highest BCUT2D eigenvalue weighted by Gasteiger charge is 2.33. The van der Waals surface area contributed by atoms with Crippen LogP contribution >= 0.6 is 11.6 Å². The number of carbonyl (C=O) groups is 1. The van der Waals surface area contributed by atoms with Crippen LogP contribution in [-0.2, 0) is 32.2 Å². The predicted molar refractivity (Wildman–Crippen MR) is 156 cm³/mol. The summed E-state index contributed by atoms with van der Waals surface area (Å²) in [5.41, 5.74) is 3.67. The number of aryl methyl sites for hydroxylation is 1. The molecule has 1 aliphatic rings. The predicted octanol–water partition coefficient (Wildman–Crippen LogP) is 5.71. The number of esters is 1. The van der Waals surface area contributed by atoms with Crippen LogP contribution in [0.4, 0.5) is 0 Å². The summed E-state index contributed by atoms with van der Waals surface area (Å²) in [6.07, 6.45) is 3.72. The molecular weight excluding hydrogens is 560 g/mol. The second-order valence-corrected chi connectivity index (χ2v) is 11.2. The number of benzene rings is 2. The molecule has 2 aromatic carbocycles. The van der Waals surface area contributed by atoms with Gasteiger partial charge in [-0.05, 0) is 56.7 Å². The summed E-state index contributed by atoms with van der Waals surface area (Å²) in [5.74, 6) is 0.904. The Kier molecular flexibility index (Phi) is 8.86. The van der Waals surface area contributed by atoms with E-state index in [4.69, 9.17) is 35.3 Å². The SMILES string of the molecule is COC(=O)C(C)(C)COCc1cn(CC[C@H]2O[C@H](c3cccc(OC)c3OC)c3cc(Cl)ccc3-n3cccc32)nn1. The number of ether oxygens (including phenoxy) is 5. The summed E-state index contributed by atoms with van der Waals surface area (Å²) < 4.78 is 32.8. The van der Waals surface area contributed by atoms with Crippen LogP contribution in [0.1, 0.15) is 55.0 Å². The fraction of sp³-hybridized carbons (Fsp3) is 0.387. The smallest absolute Gasteiger partial charge is 0.313 e. The summed E-state index contributed by atoms with van der Waals surface area (Å²) in [6.45, 7) is 4.55. The van der Waals surface area contributed by atoms with E-state index in [2.05, 4.69) is 20.9 Å². The number of fused-ring (bicyclic) bond motifs is 3. The van der Waals surface area contributed by atoms with E-state index in [9.17, 15) is 4.79 Å². The van der Waals surface area contributed by atoms with Crippen molar-refractivity contribution in [2.75, 3.05) is 27.9 Å². The zero-order valence-electron chi connectivity index (χ0n) is 24.4. The average molecular weight is 595 g/mol. The Hall–Kier alpha value is -3.86. The summed E-state index contributed by atoms with van der Waals surface area (Å²) in [5, 5.41) is 9.15. The van der Waals surface area contributed by atoms with Gasteiger partial charge in [-0.1, -0.05) is 28.9 Å². The molecular formula is C31H35ClN4O6. The number of methoxy groups -OCH3 is 3. The molecule has 222 valence electrons. The van der Waals surface area contributed by atoms with E-state index in [0.717, 1.165) is 22.5 Å². The van der Waals surface area contributed by atoms with Gasteiger partial charge < -0.3 is 28.3 Å². The zero-order chi connectivity index (χ0) is 29.9. The van der Waals surface area contributed by atoms with Crippen molar-refractivity contribution in [2.24, 2.45) is 5.41 Å². The van der Waals surface area contributed by atoms with Crippen LogP contribution in [0.25, 0.3) is 5.69 Å². The largest absolute Gasteiger partial charge is 0.493 e. The van der Waals surface area contributed by atoms with Gasteiger partial charge in [0.25, 0.3) is 0 Å². The molecule has 0 saturated carbocycles. The van der Waals surface area contributed by atoms with Gasteiger partial charge in [-0.25, -0.2) is 0 Å². The van der Waals surface area contributed by atoms with Gasteiger partial charge in [0.05, 0.1) is 57.5 Å². The Balaban J connectivity index is 1.38. The van der Waals surface area contributed by atoms with E-state index in [1.807, 2.05) is 54.9 Å². The Bertz CT molecular complexity index is 1550. The van der Waals surface area contributed by atoms with Gasteiger partial charge in [-0.3, -0.25) is 9.48 Å². The molecule has 0 amide bonds. The first-order valence-electron chi connectivity index (χ1n) is 13.6. The molecule has 3 heterocycles. The molecule has 0 radical (unpaired) electrons. The summed E-state index contributed by atoms with van der Waals surface area (Å²) in [6, 6.07) is 15.7. The third-order valence-corrected chi connectivity index (χ3v) is 7.55. The number of carbonyl (C=O) groups excluding carboxylic acids is 1. The van der Waals surface area contributed by atoms with E-state index in [-0.39, 0.29) is 25.3 Å². The quantitative estimate of drug-likeness (QED) is 0.204. The lowest BCUT2D eigenvalue weighted by atomic mass is 9.95. The Morgan fingerprint density at radius 3 is 2.67 bits per heavy atom. The van der Waals surface area contributed by atoms with Crippen LogP contribution < -0.4 is 9.47 Å². The van der Waals surface area contributed by atoms with Crippen molar-refractivity contribution in [3.63, 3.8) is 0 Å². The fourth-order valence-corrected chi connectivity index (χ4v) is 5.40. The van der Waals surface area contributed by atoms with Crippen LogP contribution in [0.3, 0.4) is 0 Å². The molecule has 11 heteroatoms. The Morgan fingerprint density at radius 1 is 1.07 bits per heavy atom. The number of rotatable bonds is 11. The molecule has 2 aromatic heterocycles. The van der Waals surface area contributed by atoms with Gasteiger partial charge in [0, 0.05) is 28.9 Å². The molecule has 42 heavy (non-hydrogen) atoms. The van der Waals surface area contributed by atoms with Crippen molar-refractivity contribution in [2.45, 2.75) is 45.6 Å². The number of hydrogen-bond acceptors (Lipinski definition) is 8. The van der Waals surface area contributed by atoms with Crippen LogP contribution in [0.5, 0.6) is 11.5 Å². The molecule has 0 fully saturated rings. The lowest BCUT2D eigenvalue weighted by Crippen LogP contribution is -2.30. The average Bonchev–Trinajstić information content (AvgIpc) is 3.64. The van der Waals surface area contributed by atoms with Gasteiger partial charge in [-0.2, -0.15) is 0 Å². The Labute approximate surface area is 250 Å². The van der Waals surface area contributed by atoms with Gasteiger partial charge in [-0.15, -0.1) is 5.10 Å². The third kappa shape index (κ3) is 6.01. The van der Waals surface area contributed by atoms with Crippen molar-refractivity contribution in [1.29, 1.82) is 0 Å². The fourth-order valence-electron chi connectivity index (χ4n) is 5.22. The van der Waals surface area contributed by atoms with E-state index >= 15 is 0 Å². The number of aromatic nitrogens is 4. The number of para-hydroxylation sites is 1. The lowest BCUT2D eigenvalue weighted by Gasteiger charge is -2.25. The number of hydrogen-bond donors (Lipinski definition) is 0. The lowest BCUT2D eigenvalue weighted by molar-refractivity contribution is -0.154. The highest BCUT2D eigenvalue weighted by atomic mass is 35.5. The summed E-state index contributed by atoms with van der Waals surface area (Å²) >= 11 is 6.51. The minimum atomic E-state index is -0.750. The van der Waals surface area contributed by atoms with Crippen LogP contribution in [0.15, 0.2) is 60.9 Å². The normalized spacial score (nSPS) is 16.3. The molecule has 2 atom stereocenters. The maximum absolute atomic E-state index is 11.9. The van der Waals surface area contributed by atoms with Crippen molar-refractivity contribution >= 4 is 17.6 Å². The van der Waals surface area contributed by atoms with Gasteiger partial charge in [0.15, 0.2) is 11.5 Å². The first-order valence-corrected chi connectivity index (χ1v) is 14.0.